The quantitative estimate of drug-likeness (QED) is 0.294. The van der Waals surface area contributed by atoms with E-state index in [0.29, 0.717) is 42.3 Å². The summed E-state index contributed by atoms with van der Waals surface area (Å²) in [5.74, 6) is -3.16. The molecule has 0 atom stereocenters. The van der Waals surface area contributed by atoms with Gasteiger partial charge in [0.2, 0.25) is 5.88 Å². The van der Waals surface area contributed by atoms with Crippen LogP contribution in [0.5, 0.6) is 11.6 Å². The van der Waals surface area contributed by atoms with Crippen LogP contribution < -0.4 is 14.4 Å². The van der Waals surface area contributed by atoms with Crippen molar-refractivity contribution in [3.8, 4) is 34.4 Å². The molecule has 0 radical (unpaired) electrons. The van der Waals surface area contributed by atoms with Gasteiger partial charge in [-0.05, 0) is 25.0 Å². The maximum absolute atomic E-state index is 15.3. The lowest BCUT2D eigenvalue weighted by Crippen LogP contribution is -2.34. The third-order valence-electron chi connectivity index (χ3n) is 6.95. The third-order valence-corrected chi connectivity index (χ3v) is 6.95. The standard InChI is InChI=1S/C27H25F4N7O2/c1-27(30,31)20-12-37(2)24(35-20)15-8-17(28)16(18(29)9-15)11-38-6-7-40-19-10-32-23(36-25(19)38)21-22(14-4-5-14)33-13-34-26(21)39-3/h8-10,12-14H,4-7,11H2,1-3H3. The second kappa shape index (κ2) is 9.72. The minimum absolute atomic E-state index is 0.0282. The maximum Gasteiger partial charge on any atom is 0.288 e. The van der Waals surface area contributed by atoms with E-state index in [0.717, 1.165) is 36.9 Å². The van der Waals surface area contributed by atoms with E-state index in [4.69, 9.17) is 14.5 Å². The molecule has 2 aliphatic rings. The van der Waals surface area contributed by atoms with E-state index in [9.17, 15) is 8.78 Å². The topological polar surface area (TPSA) is 91.1 Å². The minimum Gasteiger partial charge on any atom is -0.486 e. The number of nitrogens with zero attached hydrogens (tertiary/aromatic N) is 7. The summed E-state index contributed by atoms with van der Waals surface area (Å²) in [5, 5.41) is 0. The zero-order valence-corrected chi connectivity index (χ0v) is 22.0. The summed E-state index contributed by atoms with van der Waals surface area (Å²) in [5.41, 5.74) is 0.732. The zero-order valence-electron chi connectivity index (χ0n) is 22.0. The summed E-state index contributed by atoms with van der Waals surface area (Å²) in [6, 6.07) is 2.19. The smallest absolute Gasteiger partial charge is 0.288 e. The highest BCUT2D eigenvalue weighted by atomic mass is 19.3. The van der Waals surface area contributed by atoms with E-state index in [1.807, 2.05) is 0 Å². The van der Waals surface area contributed by atoms with Crippen molar-refractivity contribution in [3.63, 3.8) is 0 Å². The van der Waals surface area contributed by atoms with E-state index in [1.54, 1.807) is 4.90 Å². The number of hydrogen-bond donors (Lipinski definition) is 0. The predicted molar refractivity (Wildman–Crippen MR) is 136 cm³/mol. The van der Waals surface area contributed by atoms with Crippen LogP contribution in [-0.4, -0.2) is 49.7 Å². The van der Waals surface area contributed by atoms with Crippen molar-refractivity contribution in [1.82, 2.24) is 29.5 Å². The van der Waals surface area contributed by atoms with Gasteiger partial charge < -0.3 is 18.9 Å². The van der Waals surface area contributed by atoms with E-state index in [2.05, 4.69) is 19.9 Å². The van der Waals surface area contributed by atoms with Crippen LogP contribution in [0, 0.1) is 11.6 Å². The average molecular weight is 556 g/mol. The van der Waals surface area contributed by atoms with Gasteiger partial charge in [-0.1, -0.05) is 0 Å². The number of aryl methyl sites for hydroxylation is 1. The molecule has 13 heteroatoms. The van der Waals surface area contributed by atoms with Crippen molar-refractivity contribution in [1.29, 1.82) is 0 Å². The molecule has 9 nitrogen and oxygen atoms in total. The predicted octanol–water partition coefficient (Wildman–Crippen LogP) is 5.01. The van der Waals surface area contributed by atoms with Crippen LogP contribution in [0.2, 0.25) is 0 Å². The molecule has 0 saturated heterocycles. The van der Waals surface area contributed by atoms with Gasteiger partial charge in [0, 0.05) is 37.2 Å². The number of ether oxygens (including phenoxy) is 2. The SMILES string of the molecule is COc1ncnc(C2CC2)c1-c1ncc2c(n1)N(Cc1c(F)cc(-c3nc(C(C)(F)F)cn3C)cc1F)CCO2. The molecule has 0 bridgehead atoms. The van der Waals surface area contributed by atoms with Gasteiger partial charge in [-0.15, -0.1) is 0 Å². The fourth-order valence-corrected chi connectivity index (χ4v) is 4.77. The zero-order chi connectivity index (χ0) is 28.2. The first-order chi connectivity index (χ1) is 19.1. The largest absolute Gasteiger partial charge is 0.486 e. The van der Waals surface area contributed by atoms with E-state index in [-0.39, 0.29) is 36.0 Å². The molecule has 6 rings (SSSR count). The molecule has 1 fully saturated rings. The Balaban J connectivity index is 1.34. The minimum atomic E-state index is -3.19. The van der Waals surface area contributed by atoms with Crippen molar-refractivity contribution in [2.45, 2.75) is 38.2 Å². The molecule has 4 aromatic rings. The van der Waals surface area contributed by atoms with E-state index < -0.39 is 23.3 Å². The van der Waals surface area contributed by atoms with Crippen molar-refractivity contribution >= 4 is 5.82 Å². The number of rotatable bonds is 7. The number of alkyl halides is 2. The normalized spacial score (nSPS) is 15.1. The van der Waals surface area contributed by atoms with Gasteiger partial charge in [-0.3, -0.25) is 0 Å². The molecule has 40 heavy (non-hydrogen) atoms. The summed E-state index contributed by atoms with van der Waals surface area (Å²) in [6.45, 7) is 1.15. The summed E-state index contributed by atoms with van der Waals surface area (Å²) in [6.07, 6.45) is 6.08. The number of hydrogen-bond acceptors (Lipinski definition) is 8. The fraction of sp³-hybridized carbons (Fsp3) is 0.370. The van der Waals surface area contributed by atoms with E-state index in [1.165, 1.54) is 31.2 Å². The van der Waals surface area contributed by atoms with Gasteiger partial charge in [0.15, 0.2) is 17.4 Å². The molecule has 1 aliphatic carbocycles. The summed E-state index contributed by atoms with van der Waals surface area (Å²) < 4.78 is 70.7. The molecule has 208 valence electrons. The van der Waals surface area contributed by atoms with Crippen LogP contribution in [0.25, 0.3) is 22.8 Å². The van der Waals surface area contributed by atoms with Crippen molar-refractivity contribution in [3.05, 3.63) is 59.4 Å². The molecular formula is C27H25F4N7O2. The fourth-order valence-electron chi connectivity index (χ4n) is 4.77. The highest BCUT2D eigenvalue weighted by molar-refractivity contribution is 5.69. The van der Waals surface area contributed by atoms with Gasteiger partial charge in [0.25, 0.3) is 5.92 Å². The molecule has 3 aromatic heterocycles. The Morgan fingerprint density at radius 2 is 1.85 bits per heavy atom. The number of fused-ring (bicyclic) bond motifs is 1. The molecule has 4 heterocycles. The molecule has 0 N–H and O–H groups in total. The first-order valence-corrected chi connectivity index (χ1v) is 12.7. The van der Waals surface area contributed by atoms with Gasteiger partial charge in [-0.2, -0.15) is 8.78 Å². The molecule has 0 spiro atoms. The Bertz CT molecular complexity index is 1580. The van der Waals surface area contributed by atoms with Crippen LogP contribution in [0.3, 0.4) is 0 Å². The monoisotopic (exact) mass is 555 g/mol. The molecule has 0 amide bonds. The van der Waals surface area contributed by atoms with Gasteiger partial charge in [0.05, 0.1) is 32.1 Å². The second-order valence-corrected chi connectivity index (χ2v) is 9.94. The van der Waals surface area contributed by atoms with Gasteiger partial charge >= 0.3 is 0 Å². The van der Waals surface area contributed by atoms with Gasteiger partial charge in [0.1, 0.15) is 41.7 Å². The Morgan fingerprint density at radius 3 is 2.50 bits per heavy atom. The number of aromatic nitrogens is 6. The molecule has 1 saturated carbocycles. The lowest BCUT2D eigenvalue weighted by molar-refractivity contribution is 0.0131. The Labute approximate surface area is 226 Å². The Morgan fingerprint density at radius 1 is 1.10 bits per heavy atom. The number of imidazole rings is 1. The second-order valence-electron chi connectivity index (χ2n) is 9.94. The average Bonchev–Trinajstić information content (AvgIpc) is 3.69. The number of halogens is 4. The first kappa shape index (κ1) is 26.0. The molecule has 0 unspecified atom stereocenters. The van der Waals surface area contributed by atoms with Crippen LogP contribution in [0.15, 0.2) is 30.9 Å². The summed E-state index contributed by atoms with van der Waals surface area (Å²) in [4.78, 5) is 23.4. The number of anilines is 1. The van der Waals surface area contributed by atoms with E-state index >= 15 is 8.78 Å². The molecular weight excluding hydrogens is 530 g/mol. The van der Waals surface area contributed by atoms with Crippen molar-refractivity contribution in [2.24, 2.45) is 7.05 Å². The summed E-state index contributed by atoms with van der Waals surface area (Å²) in [7, 11) is 3.00. The van der Waals surface area contributed by atoms with Gasteiger partial charge in [-0.25, -0.2) is 33.7 Å². The highest BCUT2D eigenvalue weighted by Crippen LogP contribution is 2.45. The Hall–Kier alpha value is -4.29. The van der Waals surface area contributed by atoms with Crippen molar-refractivity contribution in [2.75, 3.05) is 25.2 Å². The van der Waals surface area contributed by atoms with Crippen LogP contribution >= 0.6 is 0 Å². The highest BCUT2D eigenvalue weighted by Gasteiger charge is 2.33. The lowest BCUT2D eigenvalue weighted by atomic mass is 10.1. The molecule has 1 aromatic carbocycles. The number of benzene rings is 1. The lowest BCUT2D eigenvalue weighted by Gasteiger charge is -2.30. The summed E-state index contributed by atoms with van der Waals surface area (Å²) >= 11 is 0. The van der Waals surface area contributed by atoms with Crippen molar-refractivity contribution < 1.29 is 27.0 Å². The third kappa shape index (κ3) is 4.69. The first-order valence-electron chi connectivity index (χ1n) is 12.7. The van der Waals surface area contributed by atoms with Crippen LogP contribution in [0.1, 0.15) is 42.6 Å². The molecule has 1 aliphatic heterocycles. The van der Waals surface area contributed by atoms with Crippen LogP contribution in [-0.2, 0) is 19.5 Å². The maximum atomic E-state index is 15.3. The Kier molecular flexibility index (Phi) is 6.31. The van der Waals surface area contributed by atoms with Crippen LogP contribution in [0.4, 0.5) is 23.4 Å². The number of methoxy groups -OCH3 is 1.